The number of aryl methyl sites for hydroxylation is 3. The van der Waals surface area contributed by atoms with Crippen LogP contribution >= 0.6 is 0 Å². The zero-order valence-electron chi connectivity index (χ0n) is 16.2. The van der Waals surface area contributed by atoms with Gasteiger partial charge in [-0.05, 0) is 40.5 Å². The van der Waals surface area contributed by atoms with Gasteiger partial charge >= 0.3 is 0 Å². The number of hydrogen-bond acceptors (Lipinski definition) is 6. The molecular formula is C19H25N5O3. The molecule has 3 rings (SSSR count). The van der Waals surface area contributed by atoms with Crippen molar-refractivity contribution in [3.63, 3.8) is 0 Å². The fraction of sp³-hybridized carbons (Fsp3) is 0.526. The van der Waals surface area contributed by atoms with Gasteiger partial charge in [0.2, 0.25) is 11.8 Å². The second-order valence-corrected chi connectivity index (χ2v) is 7.00. The van der Waals surface area contributed by atoms with Gasteiger partial charge < -0.3 is 9.64 Å². The van der Waals surface area contributed by atoms with Gasteiger partial charge in [0.1, 0.15) is 18.5 Å². The molecule has 1 saturated heterocycles. The average molecular weight is 371 g/mol. The number of rotatable bonds is 4. The highest BCUT2D eigenvalue weighted by molar-refractivity contribution is 5.76. The van der Waals surface area contributed by atoms with Gasteiger partial charge in [-0.15, -0.1) is 0 Å². The van der Waals surface area contributed by atoms with Gasteiger partial charge in [0.25, 0.3) is 5.56 Å². The lowest BCUT2D eigenvalue weighted by Gasteiger charge is -2.32. The van der Waals surface area contributed by atoms with Crippen molar-refractivity contribution in [1.29, 1.82) is 0 Å². The Labute approximate surface area is 158 Å². The van der Waals surface area contributed by atoms with E-state index in [-0.39, 0.29) is 24.1 Å². The lowest BCUT2D eigenvalue weighted by molar-refractivity contribution is -0.134. The van der Waals surface area contributed by atoms with E-state index in [9.17, 15) is 9.59 Å². The maximum absolute atomic E-state index is 12.7. The molecule has 0 bridgehead atoms. The third-order valence-electron chi connectivity index (χ3n) is 4.78. The lowest BCUT2D eigenvalue weighted by Crippen LogP contribution is -2.46. The standard InChI is InChI=1S/C19H25N5O3/c1-12-8-17(22-15(4)21-12)27-16-6-5-7-23(9-16)18(25)10-24-11-20-14(3)13(2)19(24)26/h8,11,16H,5-7,9-10H2,1-4H3. The van der Waals surface area contributed by atoms with Gasteiger partial charge in [-0.3, -0.25) is 14.2 Å². The smallest absolute Gasteiger partial charge is 0.256 e. The molecule has 2 aromatic rings. The zero-order chi connectivity index (χ0) is 19.6. The quantitative estimate of drug-likeness (QED) is 0.806. The van der Waals surface area contributed by atoms with E-state index in [1.54, 1.807) is 24.8 Å². The highest BCUT2D eigenvalue weighted by Gasteiger charge is 2.26. The minimum absolute atomic E-state index is 0.00854. The van der Waals surface area contributed by atoms with E-state index < -0.39 is 0 Å². The molecule has 2 aromatic heterocycles. The monoisotopic (exact) mass is 371 g/mol. The van der Waals surface area contributed by atoms with Crippen molar-refractivity contribution in [3.05, 3.63) is 45.5 Å². The summed E-state index contributed by atoms with van der Waals surface area (Å²) in [6, 6.07) is 1.80. The number of amides is 1. The summed E-state index contributed by atoms with van der Waals surface area (Å²) in [7, 11) is 0. The molecule has 1 aliphatic heterocycles. The molecule has 144 valence electrons. The molecule has 8 heteroatoms. The Morgan fingerprint density at radius 3 is 2.78 bits per heavy atom. The number of carbonyl (C=O) groups is 1. The van der Waals surface area contributed by atoms with Crippen molar-refractivity contribution in [2.24, 2.45) is 0 Å². The van der Waals surface area contributed by atoms with Crippen LogP contribution in [-0.2, 0) is 11.3 Å². The van der Waals surface area contributed by atoms with Crippen LogP contribution in [0.15, 0.2) is 17.2 Å². The summed E-state index contributed by atoms with van der Waals surface area (Å²) in [5.41, 5.74) is 1.93. The SMILES string of the molecule is Cc1cc(OC2CCCN(C(=O)Cn3cnc(C)c(C)c3=O)C2)nc(C)n1. The Hall–Kier alpha value is -2.77. The summed E-state index contributed by atoms with van der Waals surface area (Å²) in [6.07, 6.45) is 3.02. The van der Waals surface area contributed by atoms with Gasteiger partial charge in [-0.1, -0.05) is 0 Å². The zero-order valence-corrected chi connectivity index (χ0v) is 16.2. The van der Waals surface area contributed by atoms with Crippen LogP contribution in [0.1, 0.15) is 35.6 Å². The maximum atomic E-state index is 12.7. The minimum atomic E-state index is -0.174. The molecule has 1 amide bonds. The van der Waals surface area contributed by atoms with Gasteiger partial charge in [0.15, 0.2) is 0 Å². The first-order valence-corrected chi connectivity index (χ1v) is 9.13. The van der Waals surface area contributed by atoms with Crippen LogP contribution in [0, 0.1) is 27.7 Å². The van der Waals surface area contributed by atoms with Crippen molar-refractivity contribution >= 4 is 5.91 Å². The van der Waals surface area contributed by atoms with Gasteiger partial charge in [-0.2, -0.15) is 4.98 Å². The number of hydrogen-bond donors (Lipinski definition) is 0. The second-order valence-electron chi connectivity index (χ2n) is 7.00. The molecule has 0 spiro atoms. The number of carbonyl (C=O) groups excluding carboxylic acids is 1. The fourth-order valence-corrected chi connectivity index (χ4v) is 3.21. The molecule has 1 aliphatic rings. The molecular weight excluding hydrogens is 346 g/mol. The predicted molar refractivity (Wildman–Crippen MR) is 99.7 cm³/mol. The first-order valence-electron chi connectivity index (χ1n) is 9.13. The molecule has 3 heterocycles. The summed E-state index contributed by atoms with van der Waals surface area (Å²) in [5.74, 6) is 1.09. The van der Waals surface area contributed by atoms with Crippen LogP contribution in [0.5, 0.6) is 5.88 Å². The maximum Gasteiger partial charge on any atom is 0.256 e. The first-order chi connectivity index (χ1) is 12.8. The average Bonchev–Trinajstić information content (AvgIpc) is 2.61. The first kappa shape index (κ1) is 19.0. The molecule has 8 nitrogen and oxygen atoms in total. The molecule has 0 saturated carbocycles. The van der Waals surface area contributed by atoms with E-state index in [1.165, 1.54) is 10.9 Å². The highest BCUT2D eigenvalue weighted by atomic mass is 16.5. The molecule has 1 fully saturated rings. The summed E-state index contributed by atoms with van der Waals surface area (Å²) < 4.78 is 7.35. The van der Waals surface area contributed by atoms with E-state index in [2.05, 4.69) is 15.0 Å². The second kappa shape index (κ2) is 7.85. The predicted octanol–water partition coefficient (Wildman–Crippen LogP) is 1.34. The summed E-state index contributed by atoms with van der Waals surface area (Å²) in [4.78, 5) is 39.4. The number of ether oxygens (including phenoxy) is 1. The van der Waals surface area contributed by atoms with E-state index in [1.807, 2.05) is 13.8 Å². The molecule has 27 heavy (non-hydrogen) atoms. The van der Waals surface area contributed by atoms with Crippen LogP contribution in [0.3, 0.4) is 0 Å². The van der Waals surface area contributed by atoms with E-state index >= 15 is 0 Å². The third kappa shape index (κ3) is 4.50. The van der Waals surface area contributed by atoms with Crippen LogP contribution in [0.4, 0.5) is 0 Å². The molecule has 0 radical (unpaired) electrons. The van der Waals surface area contributed by atoms with Crippen molar-refractivity contribution in [3.8, 4) is 5.88 Å². The third-order valence-corrected chi connectivity index (χ3v) is 4.78. The largest absolute Gasteiger partial charge is 0.472 e. The number of likely N-dealkylation sites (tertiary alicyclic amines) is 1. The van der Waals surface area contributed by atoms with E-state index in [0.717, 1.165) is 18.5 Å². The molecule has 1 atom stereocenters. The van der Waals surface area contributed by atoms with E-state index in [0.29, 0.717) is 36.1 Å². The summed E-state index contributed by atoms with van der Waals surface area (Å²) >= 11 is 0. The number of aromatic nitrogens is 4. The molecule has 0 N–H and O–H groups in total. The molecule has 1 unspecified atom stereocenters. The molecule has 0 aliphatic carbocycles. The Bertz CT molecular complexity index is 888. The summed E-state index contributed by atoms with van der Waals surface area (Å²) in [6.45, 7) is 8.36. The van der Waals surface area contributed by atoms with Crippen molar-refractivity contribution in [1.82, 2.24) is 24.4 Å². The van der Waals surface area contributed by atoms with Crippen LogP contribution in [0.2, 0.25) is 0 Å². The highest BCUT2D eigenvalue weighted by Crippen LogP contribution is 2.18. The van der Waals surface area contributed by atoms with Crippen LogP contribution < -0.4 is 10.3 Å². The van der Waals surface area contributed by atoms with Crippen molar-refractivity contribution in [2.75, 3.05) is 13.1 Å². The number of nitrogens with zero attached hydrogens (tertiary/aromatic N) is 5. The number of piperidine rings is 1. The van der Waals surface area contributed by atoms with Crippen molar-refractivity contribution in [2.45, 2.75) is 53.2 Å². The van der Waals surface area contributed by atoms with Gasteiger partial charge in [-0.25, -0.2) is 9.97 Å². The fourth-order valence-electron chi connectivity index (χ4n) is 3.21. The topological polar surface area (TPSA) is 90.2 Å². The van der Waals surface area contributed by atoms with Gasteiger partial charge in [0.05, 0.1) is 12.9 Å². The Morgan fingerprint density at radius 2 is 2.04 bits per heavy atom. The lowest BCUT2D eigenvalue weighted by atomic mass is 10.1. The Morgan fingerprint density at radius 1 is 1.26 bits per heavy atom. The normalized spacial score (nSPS) is 17.0. The molecule has 0 aromatic carbocycles. The van der Waals surface area contributed by atoms with Crippen LogP contribution in [-0.4, -0.2) is 49.5 Å². The minimum Gasteiger partial charge on any atom is -0.472 e. The Balaban J connectivity index is 1.66. The Kier molecular flexibility index (Phi) is 5.53. The van der Waals surface area contributed by atoms with E-state index in [4.69, 9.17) is 4.74 Å². The van der Waals surface area contributed by atoms with Crippen LogP contribution in [0.25, 0.3) is 0 Å². The van der Waals surface area contributed by atoms with Gasteiger partial charge in [0, 0.05) is 29.6 Å². The summed E-state index contributed by atoms with van der Waals surface area (Å²) in [5, 5.41) is 0. The van der Waals surface area contributed by atoms with Crippen molar-refractivity contribution < 1.29 is 9.53 Å².